The summed E-state index contributed by atoms with van der Waals surface area (Å²) < 4.78 is 35.4. The van der Waals surface area contributed by atoms with E-state index in [4.69, 9.17) is 9.57 Å². The Balaban J connectivity index is 1.83. The normalized spacial score (nSPS) is 10.8. The average Bonchev–Trinajstić information content (AvgIpc) is 3.00. The number of carbonyl (C=O) groups is 1. The van der Waals surface area contributed by atoms with Crippen LogP contribution in [0, 0.1) is 11.6 Å². The van der Waals surface area contributed by atoms with Crippen molar-refractivity contribution in [2.24, 2.45) is 7.05 Å². The number of rotatable bonds is 8. The van der Waals surface area contributed by atoms with Gasteiger partial charge in [-0.25, -0.2) is 24.2 Å². The predicted octanol–water partition coefficient (Wildman–Crippen LogP) is 3.57. The number of ether oxygens (including phenoxy) is 1. The van der Waals surface area contributed by atoms with Crippen molar-refractivity contribution >= 4 is 44.6 Å². The van der Waals surface area contributed by atoms with Gasteiger partial charge >= 0.3 is 0 Å². The first-order chi connectivity index (χ1) is 13.9. The van der Waals surface area contributed by atoms with Gasteiger partial charge < -0.3 is 10.1 Å². The molecule has 0 aliphatic carbocycles. The van der Waals surface area contributed by atoms with Gasteiger partial charge in [0.05, 0.1) is 11.9 Å². The van der Waals surface area contributed by atoms with Gasteiger partial charge in [0.1, 0.15) is 30.2 Å². The van der Waals surface area contributed by atoms with E-state index >= 15 is 0 Å². The summed E-state index contributed by atoms with van der Waals surface area (Å²) in [6.45, 7) is 3.63. The number of nitrogens with zero attached hydrogens (tertiary/aromatic N) is 3. The van der Waals surface area contributed by atoms with Gasteiger partial charge in [-0.15, -0.1) is 0 Å². The molecule has 0 fully saturated rings. The first kappa shape index (κ1) is 20.7. The number of halogens is 3. The molecule has 29 heavy (non-hydrogen) atoms. The van der Waals surface area contributed by atoms with Crippen LogP contribution in [0.15, 0.2) is 41.6 Å². The maximum Gasteiger partial charge on any atom is 0.293 e. The number of aromatic nitrogens is 3. The molecule has 3 rings (SSSR count). The molecule has 0 unspecified atom stereocenters. The number of amides is 1. The first-order valence-corrected chi connectivity index (χ1v) is 9.09. The third-order valence-corrected chi connectivity index (χ3v) is 4.27. The van der Waals surface area contributed by atoms with Gasteiger partial charge in [-0.3, -0.25) is 14.2 Å². The van der Waals surface area contributed by atoms with Gasteiger partial charge in [0.2, 0.25) is 5.95 Å². The van der Waals surface area contributed by atoms with Crippen molar-refractivity contribution in [1.82, 2.24) is 20.0 Å². The molecule has 0 bridgehead atoms. The van der Waals surface area contributed by atoms with Crippen molar-refractivity contribution in [3.05, 3.63) is 58.9 Å². The number of nitrogens with one attached hydrogen (secondary N) is 2. The third-order valence-electron chi connectivity index (χ3n) is 3.78. The second-order valence-corrected chi connectivity index (χ2v) is 6.64. The van der Waals surface area contributed by atoms with Crippen molar-refractivity contribution in [2.75, 3.05) is 18.5 Å². The predicted molar refractivity (Wildman–Crippen MR) is 105 cm³/mol. The number of benzene rings is 1. The minimum Gasteiger partial charge on any atom is -0.499 e. The van der Waals surface area contributed by atoms with Crippen LogP contribution in [-0.4, -0.2) is 33.7 Å². The highest BCUT2D eigenvalue weighted by Gasteiger charge is 2.19. The van der Waals surface area contributed by atoms with E-state index in [9.17, 15) is 13.6 Å². The Morgan fingerprint density at radius 2 is 2.07 bits per heavy atom. The van der Waals surface area contributed by atoms with Crippen molar-refractivity contribution in [1.29, 1.82) is 0 Å². The van der Waals surface area contributed by atoms with E-state index in [1.807, 2.05) is 0 Å². The summed E-state index contributed by atoms with van der Waals surface area (Å²) in [6.07, 6.45) is 1.24. The second kappa shape index (κ2) is 8.97. The summed E-state index contributed by atoms with van der Waals surface area (Å²) in [5.74, 6) is -1.85. The molecular formula is C18H16BrF2N5O3. The zero-order valence-electron chi connectivity index (χ0n) is 15.2. The lowest BCUT2D eigenvalue weighted by molar-refractivity contribution is 0.0141. The van der Waals surface area contributed by atoms with E-state index in [1.165, 1.54) is 23.0 Å². The summed E-state index contributed by atoms with van der Waals surface area (Å²) in [4.78, 5) is 25.3. The smallest absolute Gasteiger partial charge is 0.293 e. The van der Waals surface area contributed by atoms with E-state index in [0.717, 1.165) is 6.07 Å². The van der Waals surface area contributed by atoms with Crippen molar-refractivity contribution < 1.29 is 23.1 Å². The van der Waals surface area contributed by atoms with Crippen LogP contribution in [-0.2, 0) is 16.6 Å². The number of imidazole rings is 1. The van der Waals surface area contributed by atoms with Crippen LogP contribution in [0.5, 0.6) is 0 Å². The van der Waals surface area contributed by atoms with Crippen molar-refractivity contribution in [2.45, 2.75) is 0 Å². The van der Waals surface area contributed by atoms with Crippen LogP contribution >= 0.6 is 15.9 Å². The van der Waals surface area contributed by atoms with Crippen LogP contribution < -0.4 is 10.8 Å². The molecular weight excluding hydrogens is 452 g/mol. The van der Waals surface area contributed by atoms with Crippen LogP contribution in [0.1, 0.15) is 10.5 Å². The lowest BCUT2D eigenvalue weighted by atomic mass is 10.3. The number of hydrogen-bond acceptors (Lipinski definition) is 6. The minimum atomic E-state index is -0.755. The van der Waals surface area contributed by atoms with Crippen molar-refractivity contribution in [3.63, 3.8) is 0 Å². The molecule has 2 aromatic heterocycles. The molecule has 152 valence electrons. The second-order valence-electron chi connectivity index (χ2n) is 5.72. The maximum absolute atomic E-state index is 14.5. The number of carbonyl (C=O) groups excluding carboxylic acids is 1. The Labute approximate surface area is 172 Å². The van der Waals surface area contributed by atoms with E-state index < -0.39 is 17.5 Å². The van der Waals surface area contributed by atoms with Gasteiger partial charge in [-0.2, -0.15) is 0 Å². The van der Waals surface area contributed by atoms with Crippen LogP contribution in [0.4, 0.5) is 20.4 Å². The fourth-order valence-corrected chi connectivity index (χ4v) is 2.73. The zero-order valence-corrected chi connectivity index (χ0v) is 16.8. The quantitative estimate of drug-likeness (QED) is 0.299. The Hall–Kier alpha value is -3.05. The molecule has 1 amide bonds. The molecule has 0 atom stereocenters. The maximum atomic E-state index is 14.5. The largest absolute Gasteiger partial charge is 0.499 e. The first-order valence-electron chi connectivity index (χ1n) is 8.30. The number of fused-ring (bicyclic) bond motifs is 1. The summed E-state index contributed by atoms with van der Waals surface area (Å²) in [7, 11) is 1.56. The SMILES string of the molecule is C=COCCONC(=O)c1cc(F)c2nc(Nc3ccc(Br)cc3F)n(C)c2n1. The molecule has 0 saturated carbocycles. The number of hydrogen-bond donors (Lipinski definition) is 2. The summed E-state index contributed by atoms with van der Waals surface area (Å²) in [5.41, 5.74) is 2.13. The van der Waals surface area contributed by atoms with Gasteiger partial charge in [0.25, 0.3) is 5.91 Å². The average molecular weight is 468 g/mol. The summed E-state index contributed by atoms with van der Waals surface area (Å²) in [6, 6.07) is 5.38. The molecule has 0 saturated heterocycles. The van der Waals surface area contributed by atoms with Crippen LogP contribution in [0.3, 0.4) is 0 Å². The lowest BCUT2D eigenvalue weighted by Crippen LogP contribution is -2.26. The highest BCUT2D eigenvalue weighted by atomic mass is 79.9. The fraction of sp³-hybridized carbons (Fsp3) is 0.167. The van der Waals surface area contributed by atoms with Crippen LogP contribution in [0.2, 0.25) is 0 Å². The zero-order chi connectivity index (χ0) is 21.0. The number of aryl methyl sites for hydroxylation is 1. The van der Waals surface area contributed by atoms with E-state index in [-0.39, 0.29) is 41.7 Å². The molecule has 0 radical (unpaired) electrons. The number of hydroxylamine groups is 1. The van der Waals surface area contributed by atoms with E-state index in [1.54, 1.807) is 13.1 Å². The highest BCUT2D eigenvalue weighted by molar-refractivity contribution is 9.10. The number of anilines is 2. The molecule has 0 aliphatic heterocycles. The Morgan fingerprint density at radius 1 is 1.28 bits per heavy atom. The Bertz CT molecular complexity index is 1070. The van der Waals surface area contributed by atoms with Crippen LogP contribution in [0.25, 0.3) is 11.2 Å². The molecule has 1 aromatic carbocycles. The molecule has 2 N–H and O–H groups in total. The highest BCUT2D eigenvalue weighted by Crippen LogP contribution is 2.26. The summed E-state index contributed by atoms with van der Waals surface area (Å²) in [5, 5.41) is 2.79. The molecule has 2 heterocycles. The standard InChI is InChI=1S/C18H16BrF2N5O3/c1-3-28-6-7-29-25-17(27)14-9-12(21)15-16(22-14)26(2)18(24-15)23-13-5-4-10(19)8-11(13)20/h3-5,8-9H,1,6-7H2,2H3,(H,23,24)(H,25,27). The van der Waals surface area contributed by atoms with Gasteiger partial charge in [-0.1, -0.05) is 22.5 Å². The number of pyridine rings is 1. The molecule has 0 aliphatic rings. The van der Waals surface area contributed by atoms with Gasteiger partial charge in [0, 0.05) is 17.6 Å². The molecule has 8 nitrogen and oxygen atoms in total. The molecule has 11 heteroatoms. The molecule has 3 aromatic rings. The van der Waals surface area contributed by atoms with E-state index in [0.29, 0.717) is 4.47 Å². The minimum absolute atomic E-state index is 0.0654. The van der Waals surface area contributed by atoms with E-state index in [2.05, 4.69) is 43.3 Å². The Kier molecular flexibility index (Phi) is 6.39. The topological polar surface area (TPSA) is 90.3 Å². The summed E-state index contributed by atoms with van der Waals surface area (Å²) >= 11 is 3.18. The Morgan fingerprint density at radius 3 is 2.79 bits per heavy atom. The van der Waals surface area contributed by atoms with Crippen molar-refractivity contribution in [3.8, 4) is 0 Å². The fourth-order valence-electron chi connectivity index (χ4n) is 2.39. The molecule has 0 spiro atoms. The monoisotopic (exact) mass is 467 g/mol. The lowest BCUT2D eigenvalue weighted by Gasteiger charge is -2.08. The van der Waals surface area contributed by atoms with Gasteiger partial charge in [-0.05, 0) is 18.2 Å². The third kappa shape index (κ3) is 4.69. The van der Waals surface area contributed by atoms with Gasteiger partial charge in [0.15, 0.2) is 11.5 Å².